The number of fused-ring (bicyclic) bond motifs is 1. The first-order valence-electron chi connectivity index (χ1n) is 8.51. The van der Waals surface area contributed by atoms with Gasteiger partial charge in [-0.3, -0.25) is 4.79 Å². The minimum atomic E-state index is -0.188. The quantitative estimate of drug-likeness (QED) is 0.790. The molecule has 3 heterocycles. The number of amides is 1. The predicted molar refractivity (Wildman–Crippen MR) is 97.1 cm³/mol. The van der Waals surface area contributed by atoms with E-state index in [0.29, 0.717) is 11.3 Å². The van der Waals surface area contributed by atoms with E-state index in [4.69, 9.17) is 4.52 Å². The molecule has 1 aliphatic heterocycles. The highest BCUT2D eigenvalue weighted by Gasteiger charge is 2.15. The van der Waals surface area contributed by atoms with E-state index in [1.165, 1.54) is 24.7 Å². The normalized spacial score (nSPS) is 14.2. The number of carbonyl (C=O) groups is 1. The summed E-state index contributed by atoms with van der Waals surface area (Å²) in [6.07, 6.45) is 4.00. The van der Waals surface area contributed by atoms with Crippen molar-refractivity contribution >= 4 is 28.4 Å². The molecule has 0 radical (unpaired) electrons. The van der Waals surface area contributed by atoms with Crippen LogP contribution in [0.25, 0.3) is 11.1 Å². The lowest BCUT2D eigenvalue weighted by Crippen LogP contribution is -2.18. The Bertz CT molecular complexity index is 942. The Balaban J connectivity index is 1.55. The fraction of sp³-hybridized carbons (Fsp3) is 0.316. The molecule has 1 amide bonds. The van der Waals surface area contributed by atoms with E-state index in [1.54, 1.807) is 6.07 Å². The molecular weight excluding hydrogens is 316 g/mol. The summed E-state index contributed by atoms with van der Waals surface area (Å²) in [7, 11) is 0. The number of aryl methyl sites for hydroxylation is 2. The lowest BCUT2D eigenvalue weighted by molar-refractivity contribution is 0.102. The van der Waals surface area contributed by atoms with Crippen LogP contribution in [0, 0.1) is 13.8 Å². The Morgan fingerprint density at radius 3 is 2.76 bits per heavy atom. The number of pyridine rings is 1. The van der Waals surface area contributed by atoms with E-state index >= 15 is 0 Å². The second-order valence-corrected chi connectivity index (χ2v) is 6.49. The zero-order chi connectivity index (χ0) is 17.4. The van der Waals surface area contributed by atoms with Crippen LogP contribution in [-0.4, -0.2) is 29.1 Å². The number of rotatable bonds is 3. The molecule has 25 heavy (non-hydrogen) atoms. The first-order chi connectivity index (χ1) is 12.1. The third-order valence-corrected chi connectivity index (χ3v) is 4.70. The molecule has 0 unspecified atom stereocenters. The highest BCUT2D eigenvalue weighted by Crippen LogP contribution is 2.26. The van der Waals surface area contributed by atoms with Crippen LogP contribution in [0.3, 0.4) is 0 Å². The molecule has 4 rings (SSSR count). The molecule has 1 fully saturated rings. The Morgan fingerprint density at radius 2 is 2.00 bits per heavy atom. The summed E-state index contributed by atoms with van der Waals surface area (Å²) in [5.41, 5.74) is 4.74. The van der Waals surface area contributed by atoms with Crippen LogP contribution >= 0.6 is 0 Å². The van der Waals surface area contributed by atoms with E-state index in [9.17, 15) is 4.79 Å². The second kappa shape index (κ2) is 6.20. The third kappa shape index (κ3) is 2.95. The predicted octanol–water partition coefficient (Wildman–Crippen LogP) is 3.69. The van der Waals surface area contributed by atoms with Gasteiger partial charge in [-0.1, -0.05) is 5.16 Å². The largest absolute Gasteiger partial charge is 0.372 e. The number of nitrogens with zero attached hydrogens (tertiary/aromatic N) is 3. The monoisotopic (exact) mass is 336 g/mol. The highest BCUT2D eigenvalue weighted by molar-refractivity contribution is 6.06. The van der Waals surface area contributed by atoms with Gasteiger partial charge < -0.3 is 14.7 Å². The Hall–Kier alpha value is -2.89. The van der Waals surface area contributed by atoms with Gasteiger partial charge in [-0.25, -0.2) is 4.98 Å². The standard InChI is InChI=1S/C19H20N4O2/c1-12-9-15(23-7-3-4-8-23)5-6-17(12)21-18(24)14-10-16-13(2)22-25-19(16)20-11-14/h5-6,9-11H,3-4,7-8H2,1-2H3,(H,21,24). The number of nitrogens with one attached hydrogen (secondary N) is 1. The molecule has 128 valence electrons. The molecule has 0 atom stereocenters. The zero-order valence-corrected chi connectivity index (χ0v) is 14.4. The molecule has 0 bridgehead atoms. The number of benzene rings is 1. The highest BCUT2D eigenvalue weighted by atomic mass is 16.5. The SMILES string of the molecule is Cc1cc(N2CCCC2)ccc1NC(=O)c1cnc2onc(C)c2c1. The summed E-state index contributed by atoms with van der Waals surface area (Å²) in [6, 6.07) is 7.93. The molecule has 0 saturated carbocycles. The lowest BCUT2D eigenvalue weighted by atomic mass is 10.1. The van der Waals surface area contributed by atoms with Gasteiger partial charge in [-0.05, 0) is 56.5 Å². The molecule has 1 aliphatic rings. The summed E-state index contributed by atoms with van der Waals surface area (Å²) < 4.78 is 5.09. The van der Waals surface area contributed by atoms with E-state index in [1.807, 2.05) is 19.9 Å². The second-order valence-electron chi connectivity index (χ2n) is 6.49. The number of aromatic nitrogens is 2. The average Bonchev–Trinajstić information content (AvgIpc) is 3.27. The summed E-state index contributed by atoms with van der Waals surface area (Å²) in [6.45, 7) is 6.06. The molecule has 0 spiro atoms. The molecule has 3 aromatic rings. The van der Waals surface area contributed by atoms with Gasteiger partial charge in [0.15, 0.2) is 0 Å². The van der Waals surface area contributed by atoms with Crippen LogP contribution in [0.2, 0.25) is 0 Å². The molecule has 1 aromatic carbocycles. The molecule has 0 aliphatic carbocycles. The number of hydrogen-bond donors (Lipinski definition) is 1. The summed E-state index contributed by atoms with van der Waals surface area (Å²) >= 11 is 0. The van der Waals surface area contributed by atoms with Crippen molar-refractivity contribution in [2.75, 3.05) is 23.3 Å². The Kier molecular flexibility index (Phi) is 3.87. The van der Waals surface area contributed by atoms with Gasteiger partial charge in [-0.2, -0.15) is 0 Å². The van der Waals surface area contributed by atoms with Gasteiger partial charge in [0, 0.05) is 30.7 Å². The number of anilines is 2. The Morgan fingerprint density at radius 1 is 1.20 bits per heavy atom. The van der Waals surface area contributed by atoms with Crippen molar-refractivity contribution in [1.29, 1.82) is 0 Å². The van der Waals surface area contributed by atoms with Crippen LogP contribution in [-0.2, 0) is 0 Å². The van der Waals surface area contributed by atoms with Crippen LogP contribution in [0.5, 0.6) is 0 Å². The maximum atomic E-state index is 12.6. The molecule has 1 saturated heterocycles. The van der Waals surface area contributed by atoms with Crippen LogP contribution in [0.15, 0.2) is 35.0 Å². The molecule has 6 nitrogen and oxygen atoms in total. The van der Waals surface area contributed by atoms with Crippen molar-refractivity contribution in [3.05, 3.63) is 47.3 Å². The van der Waals surface area contributed by atoms with Crippen molar-refractivity contribution in [3.63, 3.8) is 0 Å². The minimum absolute atomic E-state index is 0.188. The van der Waals surface area contributed by atoms with Gasteiger partial charge in [0.05, 0.1) is 16.6 Å². The van der Waals surface area contributed by atoms with E-state index in [2.05, 4.69) is 32.5 Å². The minimum Gasteiger partial charge on any atom is -0.372 e. The molecule has 2 aromatic heterocycles. The van der Waals surface area contributed by atoms with Crippen molar-refractivity contribution in [2.24, 2.45) is 0 Å². The smallest absolute Gasteiger partial charge is 0.257 e. The third-order valence-electron chi connectivity index (χ3n) is 4.70. The van der Waals surface area contributed by atoms with Crippen molar-refractivity contribution in [3.8, 4) is 0 Å². The van der Waals surface area contributed by atoms with Crippen molar-refractivity contribution < 1.29 is 9.32 Å². The molecule has 1 N–H and O–H groups in total. The Labute approximate surface area is 145 Å². The zero-order valence-electron chi connectivity index (χ0n) is 14.4. The van der Waals surface area contributed by atoms with Gasteiger partial charge in [0.2, 0.25) is 0 Å². The van der Waals surface area contributed by atoms with E-state index < -0.39 is 0 Å². The first kappa shape index (κ1) is 15.6. The van der Waals surface area contributed by atoms with Crippen LogP contribution in [0.1, 0.15) is 34.5 Å². The van der Waals surface area contributed by atoms with Crippen LogP contribution < -0.4 is 10.2 Å². The molecular formula is C19H20N4O2. The average molecular weight is 336 g/mol. The fourth-order valence-electron chi connectivity index (χ4n) is 3.22. The maximum absolute atomic E-state index is 12.6. The van der Waals surface area contributed by atoms with Crippen molar-refractivity contribution in [2.45, 2.75) is 26.7 Å². The fourth-order valence-corrected chi connectivity index (χ4v) is 3.22. The van der Waals surface area contributed by atoms with Crippen LogP contribution in [0.4, 0.5) is 11.4 Å². The topological polar surface area (TPSA) is 71.3 Å². The first-order valence-corrected chi connectivity index (χ1v) is 8.51. The lowest BCUT2D eigenvalue weighted by Gasteiger charge is -2.19. The van der Waals surface area contributed by atoms with Gasteiger partial charge in [0.25, 0.3) is 11.6 Å². The number of hydrogen-bond acceptors (Lipinski definition) is 5. The van der Waals surface area contributed by atoms with Crippen molar-refractivity contribution in [1.82, 2.24) is 10.1 Å². The summed E-state index contributed by atoms with van der Waals surface area (Å²) in [4.78, 5) is 19.1. The number of carbonyl (C=O) groups excluding carboxylic acids is 1. The molecule has 6 heteroatoms. The summed E-state index contributed by atoms with van der Waals surface area (Å²) in [5.74, 6) is -0.188. The van der Waals surface area contributed by atoms with Gasteiger partial charge >= 0.3 is 0 Å². The van der Waals surface area contributed by atoms with E-state index in [-0.39, 0.29) is 5.91 Å². The maximum Gasteiger partial charge on any atom is 0.257 e. The van der Waals surface area contributed by atoms with E-state index in [0.717, 1.165) is 35.4 Å². The summed E-state index contributed by atoms with van der Waals surface area (Å²) in [5, 5.41) is 7.60. The van der Waals surface area contributed by atoms with Gasteiger partial charge in [-0.15, -0.1) is 0 Å². The van der Waals surface area contributed by atoms with Gasteiger partial charge in [0.1, 0.15) is 0 Å².